The van der Waals surface area contributed by atoms with E-state index in [0.717, 1.165) is 31.6 Å². The number of hydrazine groups is 1. The van der Waals surface area contributed by atoms with Gasteiger partial charge in [-0.15, -0.1) is 0 Å². The number of rotatable bonds is 17. The molecule has 0 saturated heterocycles. The van der Waals surface area contributed by atoms with Gasteiger partial charge in [0, 0.05) is 37.6 Å². The largest absolute Gasteiger partial charge is 0.453 e. The molecule has 0 aliphatic carbocycles. The Morgan fingerprint density at radius 2 is 1.31 bits per heavy atom. The van der Waals surface area contributed by atoms with Crippen LogP contribution in [0.3, 0.4) is 0 Å². The SMILES string of the molecule is COC(=O)NC(C(=O)NC[C@@H](O)CN(Cc1ccc(/C(C=N)=C/NC(F)F)cc1)NC(=O)[C@@H](NC(=O)OC)C(C)(C)C(F)(F)F)C(C)(C)C(F)(F)F. The first-order valence-corrected chi connectivity index (χ1v) is 15.0. The zero-order valence-electron chi connectivity index (χ0n) is 28.8. The number of halogens is 8. The van der Waals surface area contributed by atoms with Crippen LogP contribution in [0.4, 0.5) is 44.7 Å². The Hall–Kier alpha value is -4.73. The van der Waals surface area contributed by atoms with Crippen LogP contribution < -0.4 is 26.7 Å². The predicted molar refractivity (Wildman–Crippen MR) is 168 cm³/mol. The van der Waals surface area contributed by atoms with Crippen molar-refractivity contribution in [2.24, 2.45) is 10.8 Å². The molecule has 0 heterocycles. The molecule has 0 aliphatic heterocycles. The van der Waals surface area contributed by atoms with Crippen molar-refractivity contribution in [2.45, 2.75) is 71.3 Å². The fourth-order valence-corrected chi connectivity index (χ4v) is 4.22. The van der Waals surface area contributed by atoms with Crippen LogP contribution in [0.15, 0.2) is 30.5 Å². The van der Waals surface area contributed by atoms with Crippen molar-refractivity contribution in [1.82, 2.24) is 31.7 Å². The third-order valence-corrected chi connectivity index (χ3v) is 7.72. The molecule has 3 atom stereocenters. The number of nitrogens with one attached hydrogen (secondary N) is 6. The second-order valence-electron chi connectivity index (χ2n) is 12.2. The first-order chi connectivity index (χ1) is 23.8. The van der Waals surface area contributed by atoms with E-state index in [0.29, 0.717) is 27.7 Å². The van der Waals surface area contributed by atoms with Gasteiger partial charge in [-0.2, -0.15) is 35.1 Å². The summed E-state index contributed by atoms with van der Waals surface area (Å²) >= 11 is 0. The summed E-state index contributed by atoms with van der Waals surface area (Å²) in [5.41, 5.74) is -3.00. The van der Waals surface area contributed by atoms with E-state index in [-0.39, 0.29) is 16.7 Å². The van der Waals surface area contributed by atoms with E-state index in [1.807, 2.05) is 5.32 Å². The van der Waals surface area contributed by atoms with E-state index in [9.17, 15) is 59.4 Å². The number of methoxy groups -OCH3 is 2. The monoisotopic (exact) mass is 763 g/mol. The Morgan fingerprint density at radius 1 is 0.846 bits per heavy atom. The van der Waals surface area contributed by atoms with Crippen molar-refractivity contribution in [3.05, 3.63) is 41.6 Å². The van der Waals surface area contributed by atoms with Gasteiger partial charge in [0.15, 0.2) is 0 Å². The van der Waals surface area contributed by atoms with Gasteiger partial charge in [0.1, 0.15) is 12.1 Å². The van der Waals surface area contributed by atoms with Gasteiger partial charge in [-0.25, -0.2) is 14.6 Å². The van der Waals surface area contributed by atoms with E-state index in [4.69, 9.17) is 5.41 Å². The summed E-state index contributed by atoms with van der Waals surface area (Å²) in [6.07, 6.45) is -12.9. The Morgan fingerprint density at radius 3 is 1.71 bits per heavy atom. The second kappa shape index (κ2) is 18.7. The quantitative estimate of drug-likeness (QED) is 0.0539. The smallest absolute Gasteiger partial charge is 0.407 e. The number of ether oxygens (including phenoxy) is 2. The number of allylic oxidation sites excluding steroid dienone is 1. The second-order valence-corrected chi connectivity index (χ2v) is 12.2. The first kappa shape index (κ1) is 45.3. The highest BCUT2D eigenvalue weighted by Gasteiger charge is 2.57. The number of hydrogen-bond donors (Lipinski definition) is 7. The highest BCUT2D eigenvalue weighted by molar-refractivity contribution is 6.08. The number of alkyl halides is 8. The lowest BCUT2D eigenvalue weighted by Gasteiger charge is -2.37. The maximum absolute atomic E-state index is 14.0. The molecule has 7 N–H and O–H groups in total. The lowest BCUT2D eigenvalue weighted by atomic mass is 9.83. The summed E-state index contributed by atoms with van der Waals surface area (Å²) in [6.45, 7) is -2.33. The number of aliphatic hydroxyl groups is 1. The maximum Gasteiger partial charge on any atom is 0.407 e. The number of amides is 4. The zero-order chi connectivity index (χ0) is 40.2. The molecule has 0 aromatic heterocycles. The number of nitrogens with zero attached hydrogens (tertiary/aromatic N) is 1. The molecular formula is C30H41F8N7O7. The van der Waals surface area contributed by atoms with E-state index in [2.05, 4.69) is 20.2 Å². The minimum atomic E-state index is -5.06. The van der Waals surface area contributed by atoms with Crippen molar-refractivity contribution >= 4 is 35.8 Å². The van der Waals surface area contributed by atoms with Crippen molar-refractivity contribution in [3.63, 3.8) is 0 Å². The molecule has 0 spiro atoms. The Labute approximate surface area is 293 Å². The number of alkyl carbamates (subject to hydrolysis) is 2. The Balaban J connectivity index is 3.44. The molecule has 52 heavy (non-hydrogen) atoms. The zero-order valence-corrected chi connectivity index (χ0v) is 28.8. The molecule has 0 fully saturated rings. The fraction of sp³-hybridized carbons (Fsp3) is 0.567. The number of carbonyl (C=O) groups excluding carboxylic acids is 4. The van der Waals surface area contributed by atoms with Crippen LogP contribution in [0.2, 0.25) is 0 Å². The molecule has 22 heteroatoms. The predicted octanol–water partition coefficient (Wildman–Crippen LogP) is 3.43. The van der Waals surface area contributed by atoms with Crippen LogP contribution in [0.5, 0.6) is 0 Å². The maximum atomic E-state index is 14.0. The molecule has 0 radical (unpaired) electrons. The highest BCUT2D eigenvalue weighted by atomic mass is 19.4. The molecule has 294 valence electrons. The van der Waals surface area contributed by atoms with Crippen molar-refractivity contribution in [2.75, 3.05) is 27.3 Å². The van der Waals surface area contributed by atoms with Crippen LogP contribution >= 0.6 is 0 Å². The lowest BCUT2D eigenvalue weighted by Crippen LogP contribution is -2.62. The molecule has 1 unspecified atom stereocenters. The third kappa shape index (κ3) is 12.8. The minimum Gasteiger partial charge on any atom is -0.453 e. The molecule has 1 aromatic rings. The molecule has 1 aromatic carbocycles. The van der Waals surface area contributed by atoms with Gasteiger partial charge in [0.25, 0.3) is 5.91 Å². The van der Waals surface area contributed by atoms with E-state index in [1.165, 1.54) is 24.3 Å². The Kier molecular flexibility index (Phi) is 16.3. The van der Waals surface area contributed by atoms with Crippen LogP contribution in [-0.2, 0) is 25.6 Å². The van der Waals surface area contributed by atoms with Crippen molar-refractivity contribution in [3.8, 4) is 0 Å². The molecule has 1 rings (SSSR count). The minimum absolute atomic E-state index is 0.0305. The number of benzene rings is 1. The standard InChI is InChI=1S/C30H41F8N7O7/c1-27(2,29(33,34)35)20(42-25(49)51-5)22(47)40-13-19(46)15-45(14-16-7-9-17(10-8-16)18(11-39)12-41-24(31)32)44-23(48)21(43-26(50)52-6)28(3,4)30(36,37)38/h7-12,19-21,24,39,41,46H,13-15H2,1-6H3,(H,40,47)(H,42,49)(H,43,50)(H,44,48)/b18-12+,39-11?/t19-,20?,21-/m1/s1. The van der Waals surface area contributed by atoms with Gasteiger partial charge < -0.3 is 41.3 Å². The number of carbonyl (C=O) groups is 4. The average molecular weight is 764 g/mol. The van der Waals surface area contributed by atoms with Crippen LogP contribution in [0.1, 0.15) is 38.8 Å². The van der Waals surface area contributed by atoms with E-state index >= 15 is 0 Å². The summed E-state index contributed by atoms with van der Waals surface area (Å²) in [5, 5.41) is 26.5. The fourth-order valence-electron chi connectivity index (χ4n) is 4.22. The van der Waals surface area contributed by atoms with Gasteiger partial charge in [0.2, 0.25) is 5.91 Å². The van der Waals surface area contributed by atoms with E-state index in [1.54, 1.807) is 10.6 Å². The normalized spacial score (nSPS) is 14.5. The first-order valence-electron chi connectivity index (χ1n) is 15.0. The third-order valence-electron chi connectivity index (χ3n) is 7.72. The Bertz CT molecular complexity index is 1420. The van der Waals surface area contributed by atoms with Gasteiger partial charge >= 0.3 is 31.1 Å². The summed E-state index contributed by atoms with van der Waals surface area (Å²) in [7, 11) is 1.69. The van der Waals surface area contributed by atoms with E-state index < -0.39 is 91.6 Å². The molecule has 4 amide bonds. The number of hydrogen-bond acceptors (Lipinski definition) is 10. The molecular weight excluding hydrogens is 722 g/mol. The summed E-state index contributed by atoms with van der Waals surface area (Å²) in [4.78, 5) is 49.9. The highest BCUT2D eigenvalue weighted by Crippen LogP contribution is 2.41. The summed E-state index contributed by atoms with van der Waals surface area (Å²) < 4.78 is 117. The van der Waals surface area contributed by atoms with Gasteiger partial charge in [-0.3, -0.25) is 15.0 Å². The molecule has 0 saturated carbocycles. The molecule has 0 aliphatic rings. The summed E-state index contributed by atoms with van der Waals surface area (Å²) in [5.74, 6) is -2.84. The van der Waals surface area contributed by atoms with Crippen LogP contribution in [-0.4, -0.2) is 105 Å². The van der Waals surface area contributed by atoms with Crippen LogP contribution in [0, 0.1) is 16.2 Å². The number of aliphatic hydroxyl groups excluding tert-OH is 1. The van der Waals surface area contributed by atoms with Crippen molar-refractivity contribution in [1.29, 1.82) is 5.41 Å². The van der Waals surface area contributed by atoms with Gasteiger partial charge in [-0.05, 0) is 38.8 Å². The summed E-state index contributed by atoms with van der Waals surface area (Å²) in [6, 6.07) is 0.942. The van der Waals surface area contributed by atoms with Crippen molar-refractivity contribution < 1.29 is 68.9 Å². The molecule has 0 bridgehead atoms. The van der Waals surface area contributed by atoms with Crippen LogP contribution in [0.25, 0.3) is 5.57 Å². The molecule has 14 nitrogen and oxygen atoms in total. The van der Waals surface area contributed by atoms with Gasteiger partial charge in [0.05, 0.1) is 31.2 Å². The topological polar surface area (TPSA) is 194 Å². The average Bonchev–Trinajstić information content (AvgIpc) is 3.04. The van der Waals surface area contributed by atoms with Gasteiger partial charge in [-0.1, -0.05) is 24.3 Å². The lowest BCUT2D eigenvalue weighted by molar-refractivity contribution is -0.221.